The number of rotatable bonds is 5. The summed E-state index contributed by atoms with van der Waals surface area (Å²) in [7, 11) is 0. The monoisotopic (exact) mass is 502 g/mol. The van der Waals surface area contributed by atoms with E-state index in [1.807, 2.05) is 13.8 Å². The number of pyridine rings is 1. The number of hydrogen-bond donors (Lipinski definition) is 1. The summed E-state index contributed by atoms with van der Waals surface area (Å²) in [5.41, 5.74) is 7.27. The van der Waals surface area contributed by atoms with Crippen molar-refractivity contribution < 1.29 is 22.6 Å². The zero-order valence-electron chi connectivity index (χ0n) is 18.2. The van der Waals surface area contributed by atoms with Crippen molar-refractivity contribution in [3.05, 3.63) is 58.2 Å². The summed E-state index contributed by atoms with van der Waals surface area (Å²) >= 11 is 12.2. The first-order valence-corrected chi connectivity index (χ1v) is 11.0. The van der Waals surface area contributed by atoms with Crippen molar-refractivity contribution in [2.45, 2.75) is 38.8 Å². The molecule has 3 aromatic rings. The molecule has 2 unspecified atom stereocenters. The predicted octanol–water partition coefficient (Wildman–Crippen LogP) is 6.35. The quantitative estimate of drug-likeness (QED) is 0.411. The standard InChI is InChI=1S/C20H17Cl2F3N4O2.C2H6/c1-10(17-13(21)2-3-14(23)18(17)22)31-15-4-11(5-27-19(15)26)12-6-28-29(7-12)16-8-30-9-20(16,24)25;1-2/h2-7,10,16H,8-9H2,1H3,(H2,26,27);1-2H3. The lowest BCUT2D eigenvalue weighted by molar-refractivity contribution is -0.0349. The summed E-state index contributed by atoms with van der Waals surface area (Å²) in [5, 5.41) is 4.13. The van der Waals surface area contributed by atoms with Crippen LogP contribution in [-0.2, 0) is 4.74 Å². The Labute approximate surface area is 199 Å². The Bertz CT molecular complexity index is 1130. The maximum atomic E-state index is 13.9. The lowest BCUT2D eigenvalue weighted by Crippen LogP contribution is -2.29. The maximum Gasteiger partial charge on any atom is 0.295 e. The minimum absolute atomic E-state index is 0.0855. The van der Waals surface area contributed by atoms with E-state index >= 15 is 0 Å². The molecule has 0 saturated carbocycles. The predicted molar refractivity (Wildman–Crippen MR) is 121 cm³/mol. The van der Waals surface area contributed by atoms with Crippen LogP contribution in [0.1, 0.15) is 38.5 Å². The van der Waals surface area contributed by atoms with Gasteiger partial charge in [-0.1, -0.05) is 37.0 Å². The lowest BCUT2D eigenvalue weighted by atomic mass is 10.1. The van der Waals surface area contributed by atoms with E-state index in [0.717, 1.165) is 6.07 Å². The molecule has 11 heteroatoms. The first kappa shape index (κ1) is 25.1. The van der Waals surface area contributed by atoms with Crippen LogP contribution in [0.4, 0.5) is 19.0 Å². The van der Waals surface area contributed by atoms with Gasteiger partial charge in [0.2, 0.25) is 0 Å². The zero-order chi connectivity index (χ0) is 24.3. The number of halogens is 5. The van der Waals surface area contributed by atoms with Crippen LogP contribution in [0.3, 0.4) is 0 Å². The Morgan fingerprint density at radius 3 is 2.64 bits per heavy atom. The molecule has 0 aliphatic carbocycles. The Balaban J connectivity index is 0.00000149. The third-order valence-corrected chi connectivity index (χ3v) is 5.70. The minimum Gasteiger partial charge on any atom is -0.482 e. The van der Waals surface area contributed by atoms with Gasteiger partial charge in [0.25, 0.3) is 5.92 Å². The normalized spacial score (nSPS) is 17.9. The van der Waals surface area contributed by atoms with Crippen molar-refractivity contribution >= 4 is 29.0 Å². The highest BCUT2D eigenvalue weighted by molar-refractivity contribution is 6.36. The number of aromatic nitrogens is 3. The molecular formula is C22H23Cl2F3N4O2. The fourth-order valence-corrected chi connectivity index (χ4v) is 4.00. The van der Waals surface area contributed by atoms with Gasteiger partial charge in [0.1, 0.15) is 24.6 Å². The highest BCUT2D eigenvalue weighted by Gasteiger charge is 2.47. The number of hydrogen-bond acceptors (Lipinski definition) is 5. The van der Waals surface area contributed by atoms with E-state index in [1.54, 1.807) is 13.0 Å². The molecule has 0 amide bonds. The SMILES string of the molecule is CC.CC(Oc1cc(-c2cnn(C3COCC3(F)F)c2)cnc1N)c1c(Cl)ccc(F)c1Cl. The van der Waals surface area contributed by atoms with Gasteiger partial charge < -0.3 is 15.2 Å². The number of nitrogens with zero attached hydrogens (tertiary/aromatic N) is 3. The van der Waals surface area contributed by atoms with E-state index in [0.29, 0.717) is 11.1 Å². The summed E-state index contributed by atoms with van der Waals surface area (Å²) in [6.07, 6.45) is 3.65. The third-order valence-electron chi connectivity index (χ3n) is 4.98. The fourth-order valence-electron chi connectivity index (χ4n) is 3.32. The number of benzene rings is 1. The molecule has 2 N–H and O–H groups in total. The van der Waals surface area contributed by atoms with Crippen molar-refractivity contribution in [2.75, 3.05) is 18.9 Å². The van der Waals surface area contributed by atoms with Crippen LogP contribution in [0, 0.1) is 5.82 Å². The molecule has 178 valence electrons. The van der Waals surface area contributed by atoms with Gasteiger partial charge in [0, 0.05) is 34.1 Å². The van der Waals surface area contributed by atoms with E-state index in [9.17, 15) is 13.2 Å². The molecule has 1 saturated heterocycles. The second kappa shape index (κ2) is 10.2. The molecule has 1 fully saturated rings. The summed E-state index contributed by atoms with van der Waals surface area (Å²) < 4.78 is 53.6. The molecule has 0 radical (unpaired) electrons. The van der Waals surface area contributed by atoms with Gasteiger partial charge >= 0.3 is 0 Å². The molecular weight excluding hydrogens is 480 g/mol. The number of nitrogen functional groups attached to an aromatic ring is 1. The van der Waals surface area contributed by atoms with Crippen molar-refractivity contribution in [3.63, 3.8) is 0 Å². The number of ether oxygens (including phenoxy) is 2. The van der Waals surface area contributed by atoms with Crippen LogP contribution in [0.25, 0.3) is 11.1 Å². The molecule has 1 aliphatic heterocycles. The van der Waals surface area contributed by atoms with Gasteiger partial charge in [-0.05, 0) is 25.1 Å². The molecule has 33 heavy (non-hydrogen) atoms. The topological polar surface area (TPSA) is 75.2 Å². The molecule has 1 aliphatic rings. The van der Waals surface area contributed by atoms with Crippen molar-refractivity contribution in [1.29, 1.82) is 0 Å². The number of anilines is 1. The van der Waals surface area contributed by atoms with Crippen LogP contribution < -0.4 is 10.5 Å². The Kier molecular flexibility index (Phi) is 7.76. The minimum atomic E-state index is -3.00. The van der Waals surface area contributed by atoms with E-state index in [1.165, 1.54) is 29.3 Å². The van der Waals surface area contributed by atoms with Crippen LogP contribution in [0.2, 0.25) is 10.0 Å². The van der Waals surface area contributed by atoms with Crippen molar-refractivity contribution in [2.24, 2.45) is 0 Å². The summed E-state index contributed by atoms with van der Waals surface area (Å²) in [6, 6.07) is 2.95. The van der Waals surface area contributed by atoms with E-state index in [4.69, 9.17) is 38.4 Å². The number of alkyl halides is 2. The van der Waals surface area contributed by atoms with Crippen molar-refractivity contribution in [3.8, 4) is 16.9 Å². The van der Waals surface area contributed by atoms with E-state index in [-0.39, 0.29) is 33.8 Å². The highest BCUT2D eigenvalue weighted by Crippen LogP contribution is 2.38. The van der Waals surface area contributed by atoms with Crippen LogP contribution >= 0.6 is 23.2 Å². The third kappa shape index (κ3) is 5.20. The van der Waals surface area contributed by atoms with E-state index < -0.39 is 30.5 Å². The molecule has 2 atom stereocenters. The Morgan fingerprint density at radius 2 is 1.97 bits per heavy atom. The average molecular weight is 503 g/mol. The van der Waals surface area contributed by atoms with Gasteiger partial charge in [-0.3, -0.25) is 4.68 Å². The molecule has 0 spiro atoms. The Hall–Kier alpha value is -2.49. The van der Waals surface area contributed by atoms with Gasteiger partial charge in [-0.2, -0.15) is 5.10 Å². The smallest absolute Gasteiger partial charge is 0.295 e. The largest absolute Gasteiger partial charge is 0.482 e. The molecule has 0 bridgehead atoms. The molecule has 2 aromatic heterocycles. The summed E-state index contributed by atoms with van der Waals surface area (Å²) in [4.78, 5) is 4.10. The van der Waals surface area contributed by atoms with Crippen LogP contribution in [0.15, 0.2) is 36.8 Å². The fraction of sp³-hybridized carbons (Fsp3) is 0.364. The van der Waals surface area contributed by atoms with Crippen LogP contribution in [-0.4, -0.2) is 33.9 Å². The molecule has 3 heterocycles. The molecule has 4 rings (SSSR count). The highest BCUT2D eigenvalue weighted by atomic mass is 35.5. The van der Waals surface area contributed by atoms with Gasteiger partial charge in [-0.15, -0.1) is 0 Å². The maximum absolute atomic E-state index is 13.9. The van der Waals surface area contributed by atoms with E-state index in [2.05, 4.69) is 10.1 Å². The molecule has 1 aromatic carbocycles. The summed E-state index contributed by atoms with van der Waals surface area (Å²) in [6.45, 7) is 4.87. The Morgan fingerprint density at radius 1 is 1.24 bits per heavy atom. The first-order chi connectivity index (χ1) is 15.7. The van der Waals surface area contributed by atoms with Crippen molar-refractivity contribution in [1.82, 2.24) is 14.8 Å². The molecule has 6 nitrogen and oxygen atoms in total. The van der Waals surface area contributed by atoms with Gasteiger partial charge in [0.05, 0.1) is 17.8 Å². The second-order valence-electron chi connectivity index (χ2n) is 7.13. The van der Waals surface area contributed by atoms with Gasteiger partial charge in [-0.25, -0.2) is 18.2 Å². The zero-order valence-corrected chi connectivity index (χ0v) is 19.7. The van der Waals surface area contributed by atoms with Crippen LogP contribution in [0.5, 0.6) is 5.75 Å². The first-order valence-electron chi connectivity index (χ1n) is 10.2. The number of nitrogens with two attached hydrogens (primary N) is 1. The summed E-state index contributed by atoms with van der Waals surface area (Å²) in [5.74, 6) is -3.35. The average Bonchev–Trinajstić information content (AvgIpc) is 3.40. The van der Waals surface area contributed by atoms with Gasteiger partial charge in [0.15, 0.2) is 11.6 Å². The second-order valence-corrected chi connectivity index (χ2v) is 7.91. The lowest BCUT2D eigenvalue weighted by Gasteiger charge is -2.19.